The molecular weight excluding hydrogens is 342 g/mol. The Bertz CT molecular complexity index is 854. The van der Waals surface area contributed by atoms with E-state index in [1.807, 2.05) is 48.9 Å². The van der Waals surface area contributed by atoms with Crippen molar-refractivity contribution in [1.29, 1.82) is 0 Å². The fourth-order valence-electron chi connectivity index (χ4n) is 3.51. The zero-order valence-corrected chi connectivity index (χ0v) is 15.7. The van der Waals surface area contributed by atoms with E-state index in [1.165, 1.54) is 0 Å². The zero-order chi connectivity index (χ0) is 19.0. The van der Waals surface area contributed by atoms with Gasteiger partial charge in [-0.05, 0) is 57.0 Å². The molecule has 2 aliphatic rings. The number of hydrogen-bond acceptors (Lipinski definition) is 4. The fourth-order valence-corrected chi connectivity index (χ4v) is 3.51. The Kier molecular flexibility index (Phi) is 4.70. The van der Waals surface area contributed by atoms with Crippen molar-refractivity contribution in [2.45, 2.75) is 38.8 Å². The Labute approximate surface area is 158 Å². The van der Waals surface area contributed by atoms with Crippen LogP contribution >= 0.6 is 0 Å². The molecule has 1 aromatic heterocycles. The van der Waals surface area contributed by atoms with Crippen molar-refractivity contribution in [3.8, 4) is 5.69 Å². The molecule has 1 saturated heterocycles. The molecule has 0 radical (unpaired) electrons. The number of carbonyl (C=O) groups excluding carboxylic acids is 2. The molecular formula is C20H25N5O2. The minimum atomic E-state index is -0.456. The van der Waals surface area contributed by atoms with Crippen molar-refractivity contribution in [1.82, 2.24) is 25.3 Å². The minimum Gasteiger partial charge on any atom is -0.352 e. The molecule has 27 heavy (non-hydrogen) atoms. The largest absolute Gasteiger partial charge is 0.352 e. The SMILES string of the molecule is Cc1cc(C)n(-c2ccc(C(=O)N3CCNC[C@H]3C(=O)NC3CC3)cc2)n1. The van der Waals surface area contributed by atoms with Gasteiger partial charge in [-0.25, -0.2) is 4.68 Å². The van der Waals surface area contributed by atoms with Crippen LogP contribution in [0.5, 0.6) is 0 Å². The van der Waals surface area contributed by atoms with Crippen molar-refractivity contribution in [3.63, 3.8) is 0 Å². The van der Waals surface area contributed by atoms with E-state index in [9.17, 15) is 9.59 Å². The Balaban J connectivity index is 1.52. The third-order valence-corrected chi connectivity index (χ3v) is 5.10. The molecule has 1 saturated carbocycles. The van der Waals surface area contributed by atoms with E-state index in [4.69, 9.17) is 0 Å². The molecule has 2 N–H and O–H groups in total. The lowest BCUT2D eigenvalue weighted by Gasteiger charge is -2.35. The molecule has 4 rings (SSSR count). The molecule has 142 valence electrons. The Hall–Kier alpha value is -2.67. The molecule has 2 fully saturated rings. The number of carbonyl (C=O) groups is 2. The molecule has 2 aromatic rings. The van der Waals surface area contributed by atoms with Gasteiger partial charge in [0.25, 0.3) is 5.91 Å². The van der Waals surface area contributed by atoms with Crippen LogP contribution in [0.1, 0.15) is 34.6 Å². The van der Waals surface area contributed by atoms with Crippen molar-refractivity contribution >= 4 is 11.8 Å². The van der Waals surface area contributed by atoms with Crippen LogP contribution < -0.4 is 10.6 Å². The molecule has 7 heteroatoms. The van der Waals surface area contributed by atoms with Gasteiger partial charge in [-0.2, -0.15) is 5.10 Å². The highest BCUT2D eigenvalue weighted by Crippen LogP contribution is 2.20. The first-order valence-electron chi connectivity index (χ1n) is 9.49. The molecule has 7 nitrogen and oxygen atoms in total. The summed E-state index contributed by atoms with van der Waals surface area (Å²) >= 11 is 0. The summed E-state index contributed by atoms with van der Waals surface area (Å²) in [6.45, 7) is 5.68. The Morgan fingerprint density at radius 3 is 2.56 bits per heavy atom. The summed E-state index contributed by atoms with van der Waals surface area (Å²) in [6.07, 6.45) is 2.07. The van der Waals surface area contributed by atoms with E-state index in [1.54, 1.807) is 4.90 Å². The first-order valence-corrected chi connectivity index (χ1v) is 9.49. The predicted molar refractivity (Wildman–Crippen MR) is 102 cm³/mol. The number of piperazine rings is 1. The van der Waals surface area contributed by atoms with Gasteiger partial charge >= 0.3 is 0 Å². The second-order valence-corrected chi connectivity index (χ2v) is 7.39. The first kappa shape index (κ1) is 17.7. The molecule has 0 unspecified atom stereocenters. The molecule has 1 atom stereocenters. The van der Waals surface area contributed by atoms with Crippen LogP contribution in [0, 0.1) is 13.8 Å². The van der Waals surface area contributed by atoms with Gasteiger partial charge in [0, 0.05) is 36.9 Å². The molecule has 1 aliphatic heterocycles. The summed E-state index contributed by atoms with van der Waals surface area (Å²) in [6, 6.07) is 9.27. The van der Waals surface area contributed by atoms with Crippen molar-refractivity contribution in [2.24, 2.45) is 0 Å². The maximum atomic E-state index is 13.0. The third-order valence-electron chi connectivity index (χ3n) is 5.10. The Morgan fingerprint density at radius 1 is 1.19 bits per heavy atom. The van der Waals surface area contributed by atoms with Gasteiger partial charge in [-0.1, -0.05) is 0 Å². The molecule has 1 aliphatic carbocycles. The van der Waals surface area contributed by atoms with Crippen molar-refractivity contribution in [3.05, 3.63) is 47.3 Å². The monoisotopic (exact) mass is 367 g/mol. The van der Waals surface area contributed by atoms with Gasteiger partial charge in [0.05, 0.1) is 11.4 Å². The quantitative estimate of drug-likeness (QED) is 0.851. The predicted octanol–water partition coefficient (Wildman–Crippen LogP) is 1.18. The number of benzene rings is 1. The second-order valence-electron chi connectivity index (χ2n) is 7.39. The molecule has 0 spiro atoms. The Morgan fingerprint density at radius 2 is 1.93 bits per heavy atom. The number of nitrogens with zero attached hydrogens (tertiary/aromatic N) is 3. The highest BCUT2D eigenvalue weighted by atomic mass is 16.2. The zero-order valence-electron chi connectivity index (χ0n) is 15.7. The number of hydrogen-bond donors (Lipinski definition) is 2. The van der Waals surface area contributed by atoms with Gasteiger partial charge in [0.2, 0.25) is 5.91 Å². The lowest BCUT2D eigenvalue weighted by molar-refractivity contribution is -0.126. The van der Waals surface area contributed by atoms with Crippen LogP contribution in [0.4, 0.5) is 0 Å². The van der Waals surface area contributed by atoms with E-state index < -0.39 is 6.04 Å². The lowest BCUT2D eigenvalue weighted by atomic mass is 10.1. The normalized spacial score (nSPS) is 19.8. The molecule has 2 amide bonds. The van der Waals surface area contributed by atoms with E-state index in [0.29, 0.717) is 25.2 Å². The summed E-state index contributed by atoms with van der Waals surface area (Å²) in [7, 11) is 0. The molecule has 2 heterocycles. The van der Waals surface area contributed by atoms with Crippen LogP contribution in [0.15, 0.2) is 30.3 Å². The number of aryl methyl sites for hydroxylation is 2. The maximum absolute atomic E-state index is 13.0. The number of rotatable bonds is 4. The third kappa shape index (κ3) is 3.73. The van der Waals surface area contributed by atoms with E-state index in [0.717, 1.165) is 29.9 Å². The van der Waals surface area contributed by atoms with Gasteiger partial charge in [0.1, 0.15) is 6.04 Å². The summed E-state index contributed by atoms with van der Waals surface area (Å²) in [4.78, 5) is 27.2. The summed E-state index contributed by atoms with van der Waals surface area (Å²) in [5.74, 6) is -0.162. The number of aromatic nitrogens is 2. The minimum absolute atomic E-state index is 0.0580. The lowest BCUT2D eigenvalue weighted by Crippen LogP contribution is -2.59. The summed E-state index contributed by atoms with van der Waals surface area (Å²) < 4.78 is 1.86. The summed E-state index contributed by atoms with van der Waals surface area (Å²) in [5.41, 5.74) is 3.51. The van der Waals surface area contributed by atoms with Crippen LogP contribution in [-0.2, 0) is 4.79 Å². The topological polar surface area (TPSA) is 79.3 Å². The van der Waals surface area contributed by atoms with Crippen LogP contribution in [0.3, 0.4) is 0 Å². The first-order chi connectivity index (χ1) is 13.0. The second kappa shape index (κ2) is 7.15. The fraction of sp³-hybridized carbons (Fsp3) is 0.450. The maximum Gasteiger partial charge on any atom is 0.254 e. The standard InChI is InChI=1S/C20H25N5O2/c1-13-11-14(2)25(23-13)17-7-3-15(4-8-17)20(27)24-10-9-21-12-18(24)19(26)22-16-5-6-16/h3-4,7-8,11,16,18,21H,5-6,9-10,12H2,1-2H3,(H,22,26)/t18-/m0/s1. The van der Waals surface area contributed by atoms with Gasteiger partial charge < -0.3 is 15.5 Å². The van der Waals surface area contributed by atoms with E-state index in [2.05, 4.69) is 15.7 Å². The number of amides is 2. The van der Waals surface area contributed by atoms with Gasteiger partial charge in [-0.15, -0.1) is 0 Å². The van der Waals surface area contributed by atoms with Gasteiger partial charge in [-0.3, -0.25) is 9.59 Å². The highest BCUT2D eigenvalue weighted by molar-refractivity contribution is 5.98. The van der Waals surface area contributed by atoms with Crippen molar-refractivity contribution in [2.75, 3.05) is 19.6 Å². The van der Waals surface area contributed by atoms with E-state index >= 15 is 0 Å². The molecule has 1 aromatic carbocycles. The van der Waals surface area contributed by atoms with Crippen LogP contribution in [-0.4, -0.2) is 58.2 Å². The average Bonchev–Trinajstić information content (AvgIpc) is 3.43. The van der Waals surface area contributed by atoms with E-state index in [-0.39, 0.29) is 17.9 Å². The van der Waals surface area contributed by atoms with Crippen LogP contribution in [0.25, 0.3) is 5.69 Å². The van der Waals surface area contributed by atoms with Gasteiger partial charge in [0.15, 0.2) is 0 Å². The highest BCUT2D eigenvalue weighted by Gasteiger charge is 2.35. The summed E-state index contributed by atoms with van der Waals surface area (Å²) in [5, 5.41) is 10.7. The molecule has 0 bridgehead atoms. The van der Waals surface area contributed by atoms with Crippen LogP contribution in [0.2, 0.25) is 0 Å². The average molecular weight is 367 g/mol. The number of nitrogens with one attached hydrogen (secondary N) is 2. The van der Waals surface area contributed by atoms with Crippen molar-refractivity contribution < 1.29 is 9.59 Å². The smallest absolute Gasteiger partial charge is 0.254 e.